The first-order valence-electron chi connectivity index (χ1n) is 6.65. The van der Waals surface area contributed by atoms with Crippen LogP contribution in [0.5, 0.6) is 0 Å². The van der Waals surface area contributed by atoms with E-state index in [1.54, 1.807) is 6.08 Å². The minimum absolute atomic E-state index is 0.100. The molecule has 1 fully saturated rings. The lowest BCUT2D eigenvalue weighted by atomic mass is 10.1. The number of nitrogens with zero attached hydrogens (tertiary/aromatic N) is 1. The number of hydrogen-bond acceptors (Lipinski definition) is 5. The van der Waals surface area contributed by atoms with E-state index in [1.807, 2.05) is 31.2 Å². The van der Waals surface area contributed by atoms with Crippen LogP contribution >= 0.6 is 24.0 Å². The van der Waals surface area contributed by atoms with Gasteiger partial charge in [-0.2, -0.15) is 0 Å². The van der Waals surface area contributed by atoms with Gasteiger partial charge in [-0.1, -0.05) is 48.2 Å². The number of rotatable bonds is 5. The Morgan fingerprint density at radius 3 is 2.65 bits per heavy atom. The Morgan fingerprint density at radius 1 is 1.43 bits per heavy atom. The van der Waals surface area contributed by atoms with Crippen molar-refractivity contribution in [1.82, 2.24) is 4.90 Å². The van der Waals surface area contributed by atoms with E-state index in [9.17, 15) is 19.5 Å². The zero-order valence-corrected chi connectivity index (χ0v) is 13.8. The van der Waals surface area contributed by atoms with Gasteiger partial charge >= 0.3 is 5.97 Å². The van der Waals surface area contributed by atoms with Gasteiger partial charge in [0.15, 0.2) is 0 Å². The molecule has 6 nitrogen and oxygen atoms in total. The molecule has 8 heteroatoms. The lowest BCUT2D eigenvalue weighted by Crippen LogP contribution is -2.46. The third-order valence-corrected chi connectivity index (χ3v) is 4.62. The first-order valence-corrected chi connectivity index (χ1v) is 7.87. The molecule has 0 radical (unpaired) electrons. The van der Waals surface area contributed by atoms with Gasteiger partial charge in [-0.05, 0) is 24.1 Å². The van der Waals surface area contributed by atoms with E-state index in [2.05, 4.69) is 0 Å². The monoisotopic (exact) mass is 350 g/mol. The largest absolute Gasteiger partial charge is 0.480 e. The molecule has 0 saturated carbocycles. The van der Waals surface area contributed by atoms with Crippen molar-refractivity contribution in [2.45, 2.75) is 19.4 Å². The Hall–Kier alpha value is -2.19. The van der Waals surface area contributed by atoms with Gasteiger partial charge in [-0.25, -0.2) is 4.79 Å². The van der Waals surface area contributed by atoms with Gasteiger partial charge in [0.25, 0.3) is 5.91 Å². The Kier molecular flexibility index (Phi) is 5.17. The first-order chi connectivity index (χ1) is 10.8. The summed E-state index contributed by atoms with van der Waals surface area (Å²) in [5.41, 5.74) is 6.88. The molecule has 2 amide bonds. The third kappa shape index (κ3) is 3.77. The number of amides is 2. The van der Waals surface area contributed by atoms with Crippen LogP contribution in [0.3, 0.4) is 0 Å². The Morgan fingerprint density at radius 2 is 2.09 bits per heavy atom. The van der Waals surface area contributed by atoms with E-state index in [1.165, 1.54) is 0 Å². The maximum atomic E-state index is 12.5. The molecular weight excluding hydrogens is 336 g/mol. The number of carboxylic acid groups (broad SMARTS) is 1. The highest BCUT2D eigenvalue weighted by atomic mass is 32.2. The van der Waals surface area contributed by atoms with E-state index in [-0.39, 0.29) is 4.32 Å². The molecule has 1 aliphatic heterocycles. The van der Waals surface area contributed by atoms with Gasteiger partial charge in [-0.15, -0.1) is 0 Å². The van der Waals surface area contributed by atoms with Crippen molar-refractivity contribution in [3.63, 3.8) is 0 Å². The normalized spacial score (nSPS) is 17.6. The van der Waals surface area contributed by atoms with E-state index >= 15 is 0 Å². The molecular formula is C15H14N2O4S2. The molecule has 0 aromatic heterocycles. The van der Waals surface area contributed by atoms with E-state index < -0.39 is 30.2 Å². The summed E-state index contributed by atoms with van der Waals surface area (Å²) in [6.07, 6.45) is 1.18. The zero-order chi connectivity index (χ0) is 17.1. The van der Waals surface area contributed by atoms with Crippen molar-refractivity contribution in [3.8, 4) is 0 Å². The molecule has 0 spiro atoms. The molecule has 0 aliphatic carbocycles. The van der Waals surface area contributed by atoms with Gasteiger partial charge in [0, 0.05) is 0 Å². The second kappa shape index (κ2) is 6.93. The second-order valence-electron chi connectivity index (χ2n) is 4.93. The maximum absolute atomic E-state index is 12.5. The predicted octanol–water partition coefficient (Wildman–Crippen LogP) is 1.52. The van der Waals surface area contributed by atoms with Crippen LogP contribution < -0.4 is 5.73 Å². The number of thiocarbonyl (C=S) groups is 1. The summed E-state index contributed by atoms with van der Waals surface area (Å²) >= 11 is 6.12. The number of aliphatic carboxylic acids is 1. The molecule has 120 valence electrons. The lowest BCUT2D eigenvalue weighted by molar-refractivity contribution is -0.146. The Labute approximate surface area is 142 Å². The van der Waals surface area contributed by atoms with Crippen LogP contribution in [-0.2, 0) is 14.4 Å². The number of aryl methyl sites for hydroxylation is 1. The van der Waals surface area contributed by atoms with Gasteiger partial charge in [0.2, 0.25) is 5.91 Å². The quantitative estimate of drug-likeness (QED) is 0.617. The van der Waals surface area contributed by atoms with E-state index in [0.717, 1.165) is 27.8 Å². The Bertz CT molecular complexity index is 730. The summed E-state index contributed by atoms with van der Waals surface area (Å²) in [5.74, 6) is -2.66. The van der Waals surface area contributed by atoms with Crippen LogP contribution in [0.25, 0.3) is 6.08 Å². The molecule has 1 saturated heterocycles. The van der Waals surface area contributed by atoms with E-state index in [4.69, 9.17) is 18.0 Å². The molecule has 3 N–H and O–H groups in total. The molecule has 0 bridgehead atoms. The molecule has 1 aliphatic rings. The highest BCUT2D eigenvalue weighted by Crippen LogP contribution is 2.35. The smallest absolute Gasteiger partial charge is 0.327 e. The predicted molar refractivity (Wildman–Crippen MR) is 91.4 cm³/mol. The molecule has 1 aromatic carbocycles. The van der Waals surface area contributed by atoms with Crippen LogP contribution in [0.4, 0.5) is 0 Å². The average Bonchev–Trinajstić information content (AvgIpc) is 2.73. The summed E-state index contributed by atoms with van der Waals surface area (Å²) in [7, 11) is 0. The van der Waals surface area contributed by atoms with Crippen molar-refractivity contribution in [2.75, 3.05) is 0 Å². The standard InChI is InChI=1S/C15H14N2O4S2/c1-8-4-2-3-5-9(8)6-11-13(19)17(15(22)23-11)10(14(20)21)7-12(16)18/h2-6,10H,7H2,1H3,(H2,16,18)(H,20,21)/b11-6-. The summed E-state index contributed by atoms with van der Waals surface area (Å²) in [4.78, 5) is 36.2. The van der Waals surface area contributed by atoms with Gasteiger partial charge in [-0.3, -0.25) is 14.5 Å². The number of benzene rings is 1. The zero-order valence-electron chi connectivity index (χ0n) is 12.2. The fourth-order valence-electron chi connectivity index (χ4n) is 2.12. The summed E-state index contributed by atoms with van der Waals surface area (Å²) in [6, 6.07) is 6.08. The Balaban J connectivity index is 2.34. The topological polar surface area (TPSA) is 101 Å². The number of primary amides is 1. The maximum Gasteiger partial charge on any atom is 0.327 e. The van der Waals surface area contributed by atoms with Crippen molar-refractivity contribution >= 4 is 52.2 Å². The fourth-order valence-corrected chi connectivity index (χ4v) is 3.47. The van der Waals surface area contributed by atoms with Gasteiger partial charge < -0.3 is 10.8 Å². The number of carbonyl (C=O) groups excluding carboxylic acids is 2. The highest BCUT2D eigenvalue weighted by Gasteiger charge is 2.41. The average molecular weight is 350 g/mol. The molecule has 23 heavy (non-hydrogen) atoms. The highest BCUT2D eigenvalue weighted by molar-refractivity contribution is 8.26. The molecule has 1 atom stereocenters. The molecule has 2 rings (SSSR count). The fraction of sp³-hybridized carbons (Fsp3) is 0.200. The number of carboxylic acids is 1. The van der Waals surface area contributed by atoms with Crippen molar-refractivity contribution in [1.29, 1.82) is 0 Å². The first kappa shape index (κ1) is 17.2. The third-order valence-electron chi connectivity index (χ3n) is 3.29. The van der Waals surface area contributed by atoms with E-state index in [0.29, 0.717) is 4.91 Å². The van der Waals surface area contributed by atoms with Crippen LogP contribution in [-0.4, -0.2) is 38.2 Å². The number of thioether (sulfide) groups is 1. The van der Waals surface area contributed by atoms with Crippen LogP contribution in [0.2, 0.25) is 0 Å². The molecule has 1 unspecified atom stereocenters. The summed E-state index contributed by atoms with van der Waals surface area (Å²) in [5, 5.41) is 9.25. The van der Waals surface area contributed by atoms with Crippen molar-refractivity contribution in [3.05, 3.63) is 40.3 Å². The summed E-state index contributed by atoms with van der Waals surface area (Å²) < 4.78 is 0.100. The van der Waals surface area contributed by atoms with Crippen LogP contribution in [0.15, 0.2) is 29.2 Å². The number of carbonyl (C=O) groups is 3. The van der Waals surface area contributed by atoms with Crippen molar-refractivity contribution in [2.24, 2.45) is 5.73 Å². The molecule has 1 aromatic rings. The van der Waals surface area contributed by atoms with Gasteiger partial charge in [0.05, 0.1) is 11.3 Å². The van der Waals surface area contributed by atoms with Gasteiger partial charge in [0.1, 0.15) is 10.4 Å². The summed E-state index contributed by atoms with van der Waals surface area (Å²) in [6.45, 7) is 1.90. The minimum Gasteiger partial charge on any atom is -0.480 e. The van der Waals surface area contributed by atoms with Crippen LogP contribution in [0.1, 0.15) is 17.5 Å². The SMILES string of the molecule is Cc1ccccc1/C=C1\SC(=S)N(C(CC(N)=O)C(=O)O)C1=O. The van der Waals surface area contributed by atoms with Crippen LogP contribution in [0, 0.1) is 6.92 Å². The number of nitrogens with two attached hydrogens (primary N) is 1. The van der Waals surface area contributed by atoms with Crippen molar-refractivity contribution < 1.29 is 19.5 Å². The lowest BCUT2D eigenvalue weighted by Gasteiger charge is -2.21. The number of hydrogen-bond donors (Lipinski definition) is 2. The minimum atomic E-state index is -1.39. The second-order valence-corrected chi connectivity index (χ2v) is 6.61. The molecule has 1 heterocycles.